The van der Waals surface area contributed by atoms with Crippen LogP contribution in [-0.2, 0) is 0 Å². The van der Waals surface area contributed by atoms with Crippen molar-refractivity contribution in [3.05, 3.63) is 46.7 Å². The molecule has 2 N–H and O–H groups in total. The number of aromatic nitrogens is 1. The molecule has 2 heterocycles. The van der Waals surface area contributed by atoms with Gasteiger partial charge >= 0.3 is 6.03 Å². The van der Waals surface area contributed by atoms with Gasteiger partial charge in [0.15, 0.2) is 11.5 Å². The molecule has 0 radical (unpaired) electrons. The summed E-state index contributed by atoms with van der Waals surface area (Å²) in [6, 6.07) is 6.84. The maximum absolute atomic E-state index is 12.2. The zero-order chi connectivity index (χ0) is 16.2. The molecule has 2 amide bonds. The van der Waals surface area contributed by atoms with E-state index >= 15 is 0 Å². The van der Waals surface area contributed by atoms with Crippen molar-refractivity contribution in [2.75, 3.05) is 18.5 Å². The van der Waals surface area contributed by atoms with E-state index in [9.17, 15) is 4.79 Å². The molecule has 23 heavy (non-hydrogen) atoms. The Labute approximate surface area is 142 Å². The monoisotopic (exact) mass is 377 g/mol. The lowest BCUT2D eigenvalue weighted by Gasteiger charge is -2.20. The Morgan fingerprint density at radius 3 is 2.57 bits per heavy atom. The van der Waals surface area contributed by atoms with Crippen LogP contribution in [0.4, 0.5) is 10.5 Å². The van der Waals surface area contributed by atoms with Gasteiger partial charge in [0, 0.05) is 29.0 Å². The number of hydrogen-bond acceptors (Lipinski definition) is 4. The smallest absolute Gasteiger partial charge is 0.319 e. The second kappa shape index (κ2) is 6.87. The molecule has 7 heteroatoms. The van der Waals surface area contributed by atoms with Crippen molar-refractivity contribution in [1.82, 2.24) is 10.3 Å². The van der Waals surface area contributed by atoms with Crippen molar-refractivity contribution in [3.8, 4) is 11.5 Å². The quantitative estimate of drug-likeness (QED) is 0.858. The Balaban J connectivity index is 1.68. The highest BCUT2D eigenvalue weighted by Gasteiger charge is 2.17. The number of hydrogen-bond donors (Lipinski definition) is 2. The molecule has 2 aromatic rings. The fraction of sp³-hybridized carbons (Fsp3) is 0.250. The number of urea groups is 1. The maximum Gasteiger partial charge on any atom is 0.319 e. The van der Waals surface area contributed by atoms with Gasteiger partial charge in [-0.05, 0) is 40.5 Å². The van der Waals surface area contributed by atoms with Crippen molar-refractivity contribution >= 4 is 27.6 Å². The summed E-state index contributed by atoms with van der Waals surface area (Å²) in [6.45, 7) is 2.93. The van der Waals surface area contributed by atoms with Gasteiger partial charge < -0.3 is 20.1 Å². The molecule has 1 aromatic heterocycles. The first-order valence-electron chi connectivity index (χ1n) is 7.20. The van der Waals surface area contributed by atoms with Crippen LogP contribution >= 0.6 is 15.9 Å². The number of anilines is 1. The summed E-state index contributed by atoms with van der Waals surface area (Å²) in [5.74, 6) is 1.29. The number of rotatable bonds is 3. The van der Waals surface area contributed by atoms with Crippen LogP contribution in [0.1, 0.15) is 18.5 Å². The van der Waals surface area contributed by atoms with Crippen LogP contribution in [0.15, 0.2) is 41.1 Å². The normalized spacial score (nSPS) is 14.0. The van der Waals surface area contributed by atoms with E-state index in [2.05, 4.69) is 31.5 Å². The van der Waals surface area contributed by atoms with Gasteiger partial charge in [0.05, 0.1) is 11.7 Å². The Morgan fingerprint density at radius 2 is 1.87 bits per heavy atom. The number of fused-ring (bicyclic) bond motifs is 1. The Kier molecular flexibility index (Phi) is 4.66. The van der Waals surface area contributed by atoms with E-state index in [0.29, 0.717) is 30.4 Å². The molecule has 3 rings (SSSR count). The number of amides is 2. The number of carbonyl (C=O) groups excluding carboxylic acids is 1. The topological polar surface area (TPSA) is 72.5 Å². The molecule has 0 fully saturated rings. The first-order valence-corrected chi connectivity index (χ1v) is 7.99. The second-order valence-electron chi connectivity index (χ2n) is 5.08. The van der Waals surface area contributed by atoms with Crippen molar-refractivity contribution < 1.29 is 14.3 Å². The first-order chi connectivity index (χ1) is 11.1. The minimum atomic E-state index is -0.299. The summed E-state index contributed by atoms with van der Waals surface area (Å²) < 4.78 is 11.8. The molecule has 1 atom stereocenters. The first kappa shape index (κ1) is 15.6. The molecule has 0 spiro atoms. The number of pyridine rings is 1. The summed E-state index contributed by atoms with van der Waals surface area (Å²) in [5.41, 5.74) is 1.60. The number of carbonyl (C=O) groups is 1. The van der Waals surface area contributed by atoms with Gasteiger partial charge in [-0.15, -0.1) is 0 Å². The lowest BCUT2D eigenvalue weighted by atomic mass is 10.1. The van der Waals surface area contributed by atoms with Crippen LogP contribution < -0.4 is 20.1 Å². The van der Waals surface area contributed by atoms with E-state index in [0.717, 1.165) is 10.0 Å². The Bertz CT molecular complexity index is 709. The fourth-order valence-electron chi connectivity index (χ4n) is 2.25. The number of ether oxygens (including phenoxy) is 2. The Morgan fingerprint density at radius 1 is 1.22 bits per heavy atom. The van der Waals surface area contributed by atoms with Gasteiger partial charge in [-0.3, -0.25) is 4.98 Å². The van der Waals surface area contributed by atoms with E-state index < -0.39 is 0 Å². The third-order valence-corrected chi connectivity index (χ3v) is 4.09. The molecule has 0 saturated carbocycles. The molecule has 120 valence electrons. The molecule has 0 saturated heterocycles. The van der Waals surface area contributed by atoms with Crippen LogP contribution in [0.25, 0.3) is 0 Å². The minimum Gasteiger partial charge on any atom is -0.486 e. The van der Waals surface area contributed by atoms with E-state index in [1.54, 1.807) is 24.5 Å². The van der Waals surface area contributed by atoms with Crippen molar-refractivity contribution in [2.24, 2.45) is 0 Å². The van der Waals surface area contributed by atoms with Crippen molar-refractivity contribution in [3.63, 3.8) is 0 Å². The standard InChI is InChI=1S/C16H16BrN3O3/c1-10(11-2-4-18-5-3-11)19-16(21)20-13-9-15-14(8-12(13)17)22-6-7-23-15/h2-5,8-10H,6-7H2,1H3,(H2,19,20,21). The minimum absolute atomic E-state index is 0.131. The van der Waals surface area contributed by atoms with Gasteiger partial charge in [0.25, 0.3) is 0 Å². The van der Waals surface area contributed by atoms with Crippen molar-refractivity contribution in [2.45, 2.75) is 13.0 Å². The predicted molar refractivity (Wildman–Crippen MR) is 89.9 cm³/mol. The molecule has 1 aromatic carbocycles. The van der Waals surface area contributed by atoms with Gasteiger partial charge in [-0.25, -0.2) is 4.79 Å². The molecule has 6 nitrogen and oxygen atoms in total. The number of nitrogens with zero attached hydrogens (tertiary/aromatic N) is 1. The summed E-state index contributed by atoms with van der Waals surface area (Å²) in [7, 11) is 0. The summed E-state index contributed by atoms with van der Waals surface area (Å²) in [6.07, 6.45) is 3.39. The van der Waals surface area contributed by atoms with Crippen LogP contribution in [0.5, 0.6) is 11.5 Å². The average molecular weight is 378 g/mol. The summed E-state index contributed by atoms with van der Waals surface area (Å²) >= 11 is 3.43. The highest BCUT2D eigenvalue weighted by Crippen LogP contribution is 2.38. The van der Waals surface area contributed by atoms with E-state index in [4.69, 9.17) is 9.47 Å². The molecular formula is C16H16BrN3O3. The lowest BCUT2D eigenvalue weighted by molar-refractivity contribution is 0.171. The van der Waals surface area contributed by atoms with Crippen LogP contribution in [0.3, 0.4) is 0 Å². The van der Waals surface area contributed by atoms with E-state index in [1.807, 2.05) is 19.1 Å². The fourth-order valence-corrected chi connectivity index (χ4v) is 2.67. The average Bonchev–Trinajstić information content (AvgIpc) is 2.56. The maximum atomic E-state index is 12.2. The van der Waals surface area contributed by atoms with Gasteiger partial charge in [0.1, 0.15) is 13.2 Å². The number of nitrogens with one attached hydrogen (secondary N) is 2. The largest absolute Gasteiger partial charge is 0.486 e. The van der Waals surface area contributed by atoms with Gasteiger partial charge in [-0.1, -0.05) is 0 Å². The number of halogens is 1. The lowest BCUT2D eigenvalue weighted by Crippen LogP contribution is -2.31. The van der Waals surface area contributed by atoms with Crippen LogP contribution in [0, 0.1) is 0 Å². The van der Waals surface area contributed by atoms with Crippen molar-refractivity contribution in [1.29, 1.82) is 0 Å². The second-order valence-corrected chi connectivity index (χ2v) is 5.93. The zero-order valence-corrected chi connectivity index (χ0v) is 14.1. The van der Waals surface area contributed by atoms with Crippen LogP contribution in [0.2, 0.25) is 0 Å². The third-order valence-electron chi connectivity index (χ3n) is 3.43. The highest BCUT2D eigenvalue weighted by molar-refractivity contribution is 9.10. The number of benzene rings is 1. The summed E-state index contributed by atoms with van der Waals surface area (Å²) in [4.78, 5) is 16.2. The third kappa shape index (κ3) is 3.73. The van der Waals surface area contributed by atoms with E-state index in [-0.39, 0.29) is 12.1 Å². The van der Waals surface area contributed by atoms with Gasteiger partial charge in [-0.2, -0.15) is 0 Å². The van der Waals surface area contributed by atoms with E-state index in [1.165, 1.54) is 0 Å². The predicted octanol–water partition coefficient (Wildman–Crippen LogP) is 3.50. The highest BCUT2D eigenvalue weighted by atomic mass is 79.9. The summed E-state index contributed by atoms with van der Waals surface area (Å²) in [5, 5.41) is 5.69. The van der Waals surface area contributed by atoms with Gasteiger partial charge in [0.2, 0.25) is 0 Å². The van der Waals surface area contributed by atoms with Crippen LogP contribution in [-0.4, -0.2) is 24.2 Å². The molecule has 1 aliphatic heterocycles. The zero-order valence-electron chi connectivity index (χ0n) is 12.5. The molecule has 0 bridgehead atoms. The molecular weight excluding hydrogens is 362 g/mol. The molecule has 1 unspecified atom stereocenters. The molecule has 1 aliphatic rings. The molecule has 0 aliphatic carbocycles. The SMILES string of the molecule is CC(NC(=O)Nc1cc2c(cc1Br)OCCO2)c1ccncc1. The Hall–Kier alpha value is -2.28.